The van der Waals surface area contributed by atoms with Gasteiger partial charge in [-0.3, -0.25) is 0 Å². The molecule has 0 bridgehead atoms. The highest BCUT2D eigenvalue weighted by Crippen LogP contribution is 2.25. The van der Waals surface area contributed by atoms with Crippen LogP contribution in [0, 0.1) is 0 Å². The van der Waals surface area contributed by atoms with Crippen molar-refractivity contribution in [3.05, 3.63) is 26.3 Å². The van der Waals surface area contributed by atoms with Crippen molar-refractivity contribution in [2.75, 3.05) is 0 Å². The van der Waals surface area contributed by atoms with Gasteiger partial charge in [-0.25, -0.2) is 8.42 Å². The molecule has 0 saturated carbocycles. The average molecular weight is 257 g/mol. The molecule has 1 rings (SSSR count). The van der Waals surface area contributed by atoms with Gasteiger partial charge in [-0.05, 0) is 25.1 Å². The summed E-state index contributed by atoms with van der Waals surface area (Å²) in [7, 11) is 1.52. The molecule has 72 valence electrons. The lowest BCUT2D eigenvalue weighted by molar-refractivity contribution is 0.615. The minimum atomic E-state index is -3.59. The minimum Gasteiger partial charge on any atom is -0.207 e. The molecule has 0 aromatic carbocycles. The first-order valence-electron chi connectivity index (χ1n) is 3.28. The molecule has 2 nitrogen and oxygen atoms in total. The van der Waals surface area contributed by atoms with Gasteiger partial charge < -0.3 is 0 Å². The number of halogens is 2. The van der Waals surface area contributed by atoms with Crippen LogP contribution in [-0.2, 0) is 9.05 Å². The van der Waals surface area contributed by atoms with Crippen molar-refractivity contribution >= 4 is 48.7 Å². The molecule has 0 amide bonds. The fourth-order valence-corrected chi connectivity index (χ4v) is 2.22. The molecule has 0 aliphatic rings. The summed E-state index contributed by atoms with van der Waals surface area (Å²) in [6.45, 7) is 1.44. The van der Waals surface area contributed by atoms with Crippen LogP contribution in [0.2, 0.25) is 4.34 Å². The molecule has 1 aromatic heterocycles. The summed E-state index contributed by atoms with van der Waals surface area (Å²) in [4.78, 5) is 0.888. The summed E-state index contributed by atoms with van der Waals surface area (Å²) < 4.78 is 22.2. The van der Waals surface area contributed by atoms with E-state index in [1.807, 2.05) is 0 Å². The van der Waals surface area contributed by atoms with Crippen LogP contribution >= 0.6 is 33.6 Å². The van der Waals surface area contributed by atoms with Crippen molar-refractivity contribution in [3.8, 4) is 0 Å². The Kier molecular flexibility index (Phi) is 3.40. The van der Waals surface area contributed by atoms with Crippen LogP contribution in [0.15, 0.2) is 17.0 Å². The zero-order valence-electron chi connectivity index (χ0n) is 6.62. The van der Waals surface area contributed by atoms with Gasteiger partial charge >= 0.3 is 0 Å². The van der Waals surface area contributed by atoms with Gasteiger partial charge in [-0.15, -0.1) is 11.3 Å². The van der Waals surface area contributed by atoms with Crippen LogP contribution in [0.3, 0.4) is 0 Å². The third kappa shape index (κ3) is 3.31. The molecule has 0 unspecified atom stereocenters. The fourth-order valence-electron chi connectivity index (χ4n) is 0.677. The van der Waals surface area contributed by atoms with Gasteiger partial charge in [0.2, 0.25) is 0 Å². The maximum absolute atomic E-state index is 10.8. The second-order valence-corrected chi connectivity index (χ2v) is 6.82. The van der Waals surface area contributed by atoms with Crippen LogP contribution in [0.1, 0.15) is 11.8 Å². The number of hydrogen-bond acceptors (Lipinski definition) is 3. The normalized spacial score (nSPS) is 13.3. The van der Waals surface area contributed by atoms with E-state index in [4.69, 9.17) is 22.3 Å². The zero-order chi connectivity index (χ0) is 10.1. The van der Waals surface area contributed by atoms with E-state index in [0.29, 0.717) is 4.34 Å². The first kappa shape index (κ1) is 11.0. The van der Waals surface area contributed by atoms with Gasteiger partial charge in [0.1, 0.15) is 0 Å². The molecule has 0 aliphatic heterocycles. The van der Waals surface area contributed by atoms with E-state index >= 15 is 0 Å². The number of rotatable bonds is 2. The highest BCUT2D eigenvalue weighted by molar-refractivity contribution is 8.16. The quantitative estimate of drug-likeness (QED) is 0.761. The summed E-state index contributed by atoms with van der Waals surface area (Å²) in [5, 5.41) is 0. The Morgan fingerprint density at radius 1 is 1.54 bits per heavy atom. The fraction of sp³-hybridized carbons (Fsp3) is 0.143. The van der Waals surface area contributed by atoms with Crippen LogP contribution in [0.25, 0.3) is 6.08 Å². The van der Waals surface area contributed by atoms with Crippen molar-refractivity contribution in [3.63, 3.8) is 0 Å². The Labute approximate surface area is 90.2 Å². The maximum Gasteiger partial charge on any atom is 0.257 e. The molecule has 1 aromatic rings. The van der Waals surface area contributed by atoms with Crippen molar-refractivity contribution in [2.24, 2.45) is 0 Å². The molecule has 0 aliphatic carbocycles. The van der Waals surface area contributed by atoms with E-state index in [9.17, 15) is 8.42 Å². The minimum absolute atomic E-state index is 0.118. The van der Waals surface area contributed by atoms with Crippen LogP contribution in [0.5, 0.6) is 0 Å². The van der Waals surface area contributed by atoms with E-state index in [0.717, 1.165) is 4.88 Å². The van der Waals surface area contributed by atoms with E-state index in [-0.39, 0.29) is 4.91 Å². The van der Waals surface area contributed by atoms with E-state index in [1.54, 1.807) is 12.1 Å². The Hall–Kier alpha value is -0.0300. The number of thiophene rings is 1. The Balaban J connectivity index is 3.02. The van der Waals surface area contributed by atoms with Gasteiger partial charge in [0.15, 0.2) is 0 Å². The predicted molar refractivity (Wildman–Crippen MR) is 57.8 cm³/mol. The highest BCUT2D eigenvalue weighted by atomic mass is 35.7. The largest absolute Gasteiger partial charge is 0.257 e. The lowest BCUT2D eigenvalue weighted by Gasteiger charge is -1.92. The SMILES string of the molecule is CC(=Cc1ccc(Cl)s1)S(=O)(=O)Cl. The first-order valence-corrected chi connectivity index (χ1v) is 6.78. The molecule has 6 heteroatoms. The van der Waals surface area contributed by atoms with E-state index in [2.05, 4.69) is 0 Å². The standard InChI is InChI=1S/C7H6Cl2O2S2/c1-5(13(9,10)11)4-6-2-3-7(8)12-6/h2-4H,1H3. The van der Waals surface area contributed by atoms with Crippen molar-refractivity contribution in [1.29, 1.82) is 0 Å². The molecule has 0 saturated heterocycles. The summed E-state index contributed by atoms with van der Waals surface area (Å²) >= 11 is 6.96. The number of allylic oxidation sites excluding steroid dienone is 1. The van der Waals surface area contributed by atoms with E-state index < -0.39 is 9.05 Å². The third-order valence-electron chi connectivity index (χ3n) is 1.32. The Bertz CT molecular complexity index is 431. The lowest BCUT2D eigenvalue weighted by atomic mass is 10.4. The van der Waals surface area contributed by atoms with Gasteiger partial charge in [-0.1, -0.05) is 11.6 Å². The van der Waals surface area contributed by atoms with Crippen LogP contribution < -0.4 is 0 Å². The summed E-state index contributed by atoms with van der Waals surface area (Å²) in [5.41, 5.74) is 0. The smallest absolute Gasteiger partial charge is 0.207 e. The second kappa shape index (κ2) is 4.00. The van der Waals surface area contributed by atoms with Crippen LogP contribution in [-0.4, -0.2) is 8.42 Å². The van der Waals surface area contributed by atoms with Crippen LogP contribution in [0.4, 0.5) is 0 Å². The topological polar surface area (TPSA) is 34.1 Å². The highest BCUT2D eigenvalue weighted by Gasteiger charge is 2.08. The van der Waals surface area contributed by atoms with Crippen molar-refractivity contribution in [2.45, 2.75) is 6.92 Å². The molecule has 0 radical (unpaired) electrons. The van der Waals surface area contributed by atoms with Gasteiger partial charge in [0.25, 0.3) is 9.05 Å². The Morgan fingerprint density at radius 2 is 2.15 bits per heavy atom. The van der Waals surface area contributed by atoms with Crippen molar-refractivity contribution in [1.82, 2.24) is 0 Å². The molecule has 13 heavy (non-hydrogen) atoms. The zero-order valence-corrected chi connectivity index (χ0v) is 9.77. The van der Waals surface area contributed by atoms with Crippen molar-refractivity contribution < 1.29 is 8.42 Å². The maximum atomic E-state index is 10.8. The average Bonchev–Trinajstić information content (AvgIpc) is 2.33. The summed E-state index contributed by atoms with van der Waals surface area (Å²) in [5.74, 6) is 0. The summed E-state index contributed by atoms with van der Waals surface area (Å²) in [6.07, 6.45) is 1.48. The number of hydrogen-bond donors (Lipinski definition) is 0. The molecule has 0 fully saturated rings. The van der Waals surface area contributed by atoms with Gasteiger partial charge in [0, 0.05) is 15.6 Å². The first-order chi connectivity index (χ1) is 5.89. The molecule has 1 heterocycles. The van der Waals surface area contributed by atoms with Gasteiger partial charge in [0.05, 0.1) is 9.24 Å². The molecule has 0 N–H and O–H groups in total. The molecular formula is C7H6Cl2O2S2. The predicted octanol–water partition coefficient (Wildman–Crippen LogP) is 3.33. The molecular weight excluding hydrogens is 251 g/mol. The Morgan fingerprint density at radius 3 is 2.54 bits per heavy atom. The van der Waals surface area contributed by atoms with Gasteiger partial charge in [-0.2, -0.15) is 0 Å². The molecule has 0 spiro atoms. The lowest BCUT2D eigenvalue weighted by Crippen LogP contribution is -1.88. The van der Waals surface area contributed by atoms with E-state index in [1.165, 1.54) is 24.3 Å². The third-order valence-corrected chi connectivity index (χ3v) is 4.12. The molecule has 0 atom stereocenters. The second-order valence-electron chi connectivity index (χ2n) is 2.33. The monoisotopic (exact) mass is 256 g/mol. The summed E-state index contributed by atoms with van der Waals surface area (Å²) in [6, 6.07) is 3.44.